The molecule has 0 saturated carbocycles. The van der Waals surface area contributed by atoms with E-state index in [4.69, 9.17) is 9.97 Å². The predicted molar refractivity (Wildman–Crippen MR) is 143 cm³/mol. The van der Waals surface area contributed by atoms with E-state index < -0.39 is 0 Å². The van der Waals surface area contributed by atoms with Gasteiger partial charge in [0.05, 0.1) is 17.3 Å². The summed E-state index contributed by atoms with van der Waals surface area (Å²) in [6.45, 7) is 9.09. The molecule has 0 atom stereocenters. The zero-order valence-electron chi connectivity index (χ0n) is 22.0. The first kappa shape index (κ1) is 27.8. The number of aromatic nitrogens is 6. The van der Waals surface area contributed by atoms with Crippen LogP contribution >= 0.6 is 0 Å². The fourth-order valence-electron chi connectivity index (χ4n) is 4.34. The van der Waals surface area contributed by atoms with Gasteiger partial charge in [0.25, 0.3) is 0 Å². The molecule has 5 aromatic rings. The molecule has 0 N–H and O–H groups in total. The second-order valence-corrected chi connectivity index (χ2v) is 9.04. The van der Waals surface area contributed by atoms with Crippen LogP contribution in [0.2, 0.25) is 0 Å². The fraction of sp³-hybridized carbons (Fsp3) is 0.172. The molecule has 0 aliphatic carbocycles. The molecule has 198 valence electrons. The van der Waals surface area contributed by atoms with Gasteiger partial charge in [-0.15, -0.1) is 12.1 Å². The van der Waals surface area contributed by atoms with Crippen LogP contribution in [0.1, 0.15) is 51.5 Å². The maximum atomic E-state index is 11.8. The Morgan fingerprint density at radius 3 is 1.56 bits per heavy atom. The molecular formula is C29H25N7O2Pt. The Hall–Kier alpha value is -4.23. The number of hydrogen-bond donors (Lipinski definition) is 0. The Balaban J connectivity index is 0.00000353. The second kappa shape index (κ2) is 11.3. The Kier molecular flexibility index (Phi) is 8.02. The smallest absolute Gasteiger partial charge is 0.343 e. The summed E-state index contributed by atoms with van der Waals surface area (Å²) in [6, 6.07) is 18.4. The summed E-state index contributed by atoms with van der Waals surface area (Å²) >= 11 is 0. The number of carbonyl (C=O) groups is 2. The number of anilines is 3. The van der Waals surface area contributed by atoms with Crippen molar-refractivity contribution in [1.82, 2.24) is 29.5 Å². The molecule has 0 aliphatic heterocycles. The number of Topliss-reactive ketones (excluding diaryl/α,β-unsaturated/α-hetero) is 2. The molecule has 5 rings (SSSR count). The molecule has 0 bridgehead atoms. The predicted octanol–water partition coefficient (Wildman–Crippen LogP) is 5.25. The van der Waals surface area contributed by atoms with E-state index in [0.717, 1.165) is 22.4 Å². The minimum Gasteiger partial charge on any atom is -0.343 e. The molecule has 9 nitrogen and oxygen atoms in total. The van der Waals surface area contributed by atoms with Crippen molar-refractivity contribution in [2.45, 2.75) is 34.6 Å². The Morgan fingerprint density at radius 2 is 1.18 bits per heavy atom. The number of benzene rings is 1. The Morgan fingerprint density at radius 1 is 0.744 bits per heavy atom. The van der Waals surface area contributed by atoms with Gasteiger partial charge in [0, 0.05) is 11.4 Å². The molecule has 10 heteroatoms. The molecule has 0 amide bonds. The average molecular weight is 699 g/mol. The van der Waals surface area contributed by atoms with Crippen LogP contribution in [-0.2, 0) is 21.1 Å². The number of nitrogens with zero attached hydrogens (tertiary/aromatic N) is 7. The van der Waals surface area contributed by atoms with Crippen LogP contribution in [0.4, 0.5) is 17.3 Å². The third-order valence-electron chi connectivity index (χ3n) is 5.97. The van der Waals surface area contributed by atoms with Crippen molar-refractivity contribution in [2.24, 2.45) is 0 Å². The van der Waals surface area contributed by atoms with E-state index in [2.05, 4.69) is 55.5 Å². The van der Waals surface area contributed by atoms with Crippen LogP contribution in [0.25, 0.3) is 11.6 Å². The number of pyridine rings is 2. The number of ketones is 2. The van der Waals surface area contributed by atoms with E-state index in [1.54, 1.807) is 24.3 Å². The first-order valence-corrected chi connectivity index (χ1v) is 12.0. The molecule has 0 unspecified atom stereocenters. The van der Waals surface area contributed by atoms with E-state index >= 15 is 0 Å². The summed E-state index contributed by atoms with van der Waals surface area (Å²) in [5.41, 5.74) is 4.82. The van der Waals surface area contributed by atoms with Gasteiger partial charge in [0.15, 0.2) is 0 Å². The van der Waals surface area contributed by atoms with Crippen LogP contribution in [0.5, 0.6) is 0 Å². The van der Waals surface area contributed by atoms with Gasteiger partial charge in [-0.25, -0.2) is 0 Å². The van der Waals surface area contributed by atoms with Crippen molar-refractivity contribution in [3.63, 3.8) is 0 Å². The van der Waals surface area contributed by atoms with Gasteiger partial charge in [-0.2, -0.15) is 0 Å². The Bertz CT molecular complexity index is 1570. The fourth-order valence-corrected chi connectivity index (χ4v) is 4.34. The number of aryl methyl sites for hydroxylation is 3. The van der Waals surface area contributed by atoms with Gasteiger partial charge in [-0.05, 0) is 57.9 Å². The molecule has 1 aromatic carbocycles. The van der Waals surface area contributed by atoms with E-state index in [9.17, 15) is 9.59 Å². The first-order valence-electron chi connectivity index (χ1n) is 12.0. The molecule has 0 saturated heterocycles. The van der Waals surface area contributed by atoms with E-state index in [-0.39, 0.29) is 32.6 Å². The van der Waals surface area contributed by atoms with Crippen LogP contribution in [0.3, 0.4) is 0 Å². The third kappa shape index (κ3) is 5.63. The van der Waals surface area contributed by atoms with E-state index in [1.165, 1.54) is 23.2 Å². The number of hydrogen-bond acceptors (Lipinski definition) is 7. The average Bonchev–Trinajstić information content (AvgIpc) is 3.57. The van der Waals surface area contributed by atoms with Gasteiger partial charge in [0.2, 0.25) is 0 Å². The largest absolute Gasteiger partial charge is 2.00 e. The van der Waals surface area contributed by atoms with Gasteiger partial charge < -0.3 is 19.0 Å². The molecule has 4 aromatic heterocycles. The standard InChI is InChI=1S/C29H25N7O2.Pt/c1-18-16-19(2)29(20(3)17-18)36(27-10-6-8-25(30-27)34-14-12-23(32-34)21(4)37)28-11-7-9-26(31-28)35-15-13-24(33-35)22(5)38;/h6-13,16-17H,1-5H3;/q-2;+2. The topological polar surface area (TPSA) is 98.8 Å². The van der Waals surface area contributed by atoms with Crippen molar-refractivity contribution in [2.75, 3.05) is 4.90 Å². The molecule has 4 heterocycles. The quantitative estimate of drug-likeness (QED) is 0.169. The number of rotatable bonds is 7. The zero-order chi connectivity index (χ0) is 27.0. The molecule has 0 radical (unpaired) electrons. The maximum absolute atomic E-state index is 11.8. The van der Waals surface area contributed by atoms with Gasteiger partial charge in [0.1, 0.15) is 23.2 Å². The summed E-state index contributed by atoms with van der Waals surface area (Å²) in [6.07, 6.45) is 5.93. The van der Waals surface area contributed by atoms with Crippen molar-refractivity contribution in [3.8, 4) is 11.6 Å². The van der Waals surface area contributed by atoms with Crippen molar-refractivity contribution < 1.29 is 30.7 Å². The van der Waals surface area contributed by atoms with E-state index in [0.29, 0.717) is 34.7 Å². The monoisotopic (exact) mass is 698 g/mol. The molecule has 39 heavy (non-hydrogen) atoms. The summed E-state index contributed by atoms with van der Waals surface area (Å²) in [4.78, 5) is 35.2. The minimum absolute atomic E-state index is 0. The van der Waals surface area contributed by atoms with Gasteiger partial charge in [-0.1, -0.05) is 54.4 Å². The van der Waals surface area contributed by atoms with Crippen molar-refractivity contribution >= 4 is 28.9 Å². The summed E-state index contributed by atoms with van der Waals surface area (Å²) in [5.74, 6) is 1.92. The van der Waals surface area contributed by atoms with Crippen LogP contribution in [-0.4, -0.2) is 41.1 Å². The van der Waals surface area contributed by atoms with Gasteiger partial charge in [-0.3, -0.25) is 25.1 Å². The molecule has 0 spiro atoms. The Labute approximate surface area is 240 Å². The third-order valence-corrected chi connectivity index (χ3v) is 5.97. The molecule has 0 fully saturated rings. The van der Waals surface area contributed by atoms with Crippen molar-refractivity contribution in [3.05, 3.63) is 101 Å². The van der Waals surface area contributed by atoms with Crippen LogP contribution in [0.15, 0.2) is 60.7 Å². The van der Waals surface area contributed by atoms with Crippen LogP contribution < -0.4 is 4.90 Å². The first-order chi connectivity index (χ1) is 18.2. The SMILES string of the molecule is CC(=O)c1c[c-]n(-c2cccc(N(c3cccc(-n4[c-]cc(C(C)=O)n4)n3)c3c(C)cc(C)cc3C)n2)n1.[Pt+2]. The minimum atomic E-state index is -0.145. The van der Waals surface area contributed by atoms with E-state index in [1.807, 2.05) is 29.2 Å². The summed E-state index contributed by atoms with van der Waals surface area (Å²) < 4.78 is 2.91. The maximum Gasteiger partial charge on any atom is 2.00 e. The number of carbonyl (C=O) groups excluding carboxylic acids is 2. The second-order valence-electron chi connectivity index (χ2n) is 9.04. The summed E-state index contributed by atoms with van der Waals surface area (Å²) in [7, 11) is 0. The van der Waals surface area contributed by atoms with Crippen LogP contribution in [0, 0.1) is 33.2 Å². The summed E-state index contributed by atoms with van der Waals surface area (Å²) in [5, 5.41) is 8.63. The zero-order valence-corrected chi connectivity index (χ0v) is 24.3. The molecule has 0 aliphatic rings. The van der Waals surface area contributed by atoms with Crippen molar-refractivity contribution in [1.29, 1.82) is 0 Å². The normalized spacial score (nSPS) is 10.7. The molecular weight excluding hydrogens is 673 g/mol. The van der Waals surface area contributed by atoms with Gasteiger partial charge >= 0.3 is 21.1 Å².